The van der Waals surface area contributed by atoms with Crippen molar-refractivity contribution in [2.75, 3.05) is 39.3 Å². The van der Waals surface area contributed by atoms with Gasteiger partial charge in [-0.3, -0.25) is 0 Å². The number of ether oxygens (including phenoxy) is 2. The van der Waals surface area contributed by atoms with Crippen molar-refractivity contribution >= 4 is 5.69 Å². The number of hydrogen-bond acceptors (Lipinski definition) is 4. The number of anilines is 1. The van der Waals surface area contributed by atoms with Gasteiger partial charge in [-0.15, -0.1) is 0 Å². The minimum atomic E-state index is 0.130. The topological polar surface area (TPSA) is 41.9 Å². The van der Waals surface area contributed by atoms with Gasteiger partial charge in [0.05, 0.1) is 20.8 Å². The lowest BCUT2D eigenvalue weighted by atomic mass is 10.2. The second-order valence-electron chi connectivity index (χ2n) is 3.18. The Morgan fingerprint density at radius 1 is 1.20 bits per heavy atom. The lowest BCUT2D eigenvalue weighted by molar-refractivity contribution is 0.304. The molecule has 84 valence electrons. The van der Waals surface area contributed by atoms with Crippen LogP contribution in [0.25, 0.3) is 0 Å². The number of benzene rings is 1. The number of rotatable bonds is 5. The van der Waals surface area contributed by atoms with Gasteiger partial charge in [-0.25, -0.2) is 0 Å². The molecule has 0 saturated carbocycles. The van der Waals surface area contributed by atoms with Crippen LogP contribution in [0.4, 0.5) is 5.69 Å². The Morgan fingerprint density at radius 3 is 2.40 bits per heavy atom. The van der Waals surface area contributed by atoms with Crippen molar-refractivity contribution in [2.45, 2.75) is 0 Å². The first-order chi connectivity index (χ1) is 7.22. The van der Waals surface area contributed by atoms with E-state index >= 15 is 0 Å². The van der Waals surface area contributed by atoms with Crippen LogP contribution in [0.5, 0.6) is 11.5 Å². The molecule has 15 heavy (non-hydrogen) atoms. The van der Waals surface area contributed by atoms with Crippen LogP contribution in [0, 0.1) is 0 Å². The molecule has 0 aromatic heterocycles. The average Bonchev–Trinajstić information content (AvgIpc) is 2.28. The third-order valence-electron chi connectivity index (χ3n) is 2.24. The van der Waals surface area contributed by atoms with Crippen LogP contribution in [0.15, 0.2) is 18.2 Å². The van der Waals surface area contributed by atoms with E-state index in [-0.39, 0.29) is 6.61 Å². The van der Waals surface area contributed by atoms with E-state index in [0.29, 0.717) is 18.0 Å². The van der Waals surface area contributed by atoms with Crippen LogP contribution in [0.3, 0.4) is 0 Å². The Hall–Kier alpha value is -1.42. The van der Waals surface area contributed by atoms with Crippen LogP contribution in [-0.2, 0) is 0 Å². The van der Waals surface area contributed by atoms with Crippen molar-refractivity contribution in [1.29, 1.82) is 0 Å². The summed E-state index contributed by atoms with van der Waals surface area (Å²) in [5.41, 5.74) is 0.988. The highest BCUT2D eigenvalue weighted by Crippen LogP contribution is 2.30. The summed E-state index contributed by atoms with van der Waals surface area (Å²) >= 11 is 0. The Morgan fingerprint density at radius 2 is 1.87 bits per heavy atom. The summed E-state index contributed by atoms with van der Waals surface area (Å²) in [6, 6.07) is 5.66. The number of aliphatic hydroxyl groups is 1. The van der Waals surface area contributed by atoms with Gasteiger partial charge in [0, 0.05) is 25.3 Å². The van der Waals surface area contributed by atoms with Gasteiger partial charge in [0.25, 0.3) is 0 Å². The number of hydrogen-bond donors (Lipinski definition) is 1. The molecular weight excluding hydrogens is 194 g/mol. The fourth-order valence-electron chi connectivity index (χ4n) is 1.34. The summed E-state index contributed by atoms with van der Waals surface area (Å²) in [5.74, 6) is 1.40. The summed E-state index contributed by atoms with van der Waals surface area (Å²) < 4.78 is 10.3. The zero-order valence-electron chi connectivity index (χ0n) is 9.36. The van der Waals surface area contributed by atoms with Crippen molar-refractivity contribution in [3.8, 4) is 11.5 Å². The Kier molecular flexibility index (Phi) is 4.24. The summed E-state index contributed by atoms with van der Waals surface area (Å²) in [5, 5.41) is 8.83. The molecule has 0 aliphatic rings. The molecule has 0 atom stereocenters. The molecule has 1 N–H and O–H groups in total. The normalized spacial score (nSPS) is 9.87. The molecule has 1 aromatic rings. The van der Waals surface area contributed by atoms with Gasteiger partial charge in [0.1, 0.15) is 0 Å². The summed E-state index contributed by atoms with van der Waals surface area (Å²) in [4.78, 5) is 1.95. The summed E-state index contributed by atoms with van der Waals surface area (Å²) in [7, 11) is 5.13. The van der Waals surface area contributed by atoms with Crippen molar-refractivity contribution in [3.63, 3.8) is 0 Å². The maximum atomic E-state index is 8.83. The lowest BCUT2D eigenvalue weighted by Gasteiger charge is -2.19. The van der Waals surface area contributed by atoms with Crippen LogP contribution in [0.2, 0.25) is 0 Å². The van der Waals surface area contributed by atoms with Gasteiger partial charge in [0.2, 0.25) is 0 Å². The molecule has 0 amide bonds. The molecule has 0 saturated heterocycles. The van der Waals surface area contributed by atoms with Crippen LogP contribution in [-0.4, -0.2) is 39.5 Å². The molecule has 4 nitrogen and oxygen atoms in total. The van der Waals surface area contributed by atoms with E-state index in [4.69, 9.17) is 14.6 Å². The first-order valence-electron chi connectivity index (χ1n) is 4.77. The molecule has 0 aliphatic heterocycles. The van der Waals surface area contributed by atoms with Crippen LogP contribution in [0.1, 0.15) is 0 Å². The Balaban J connectivity index is 2.92. The Bertz CT molecular complexity index is 315. The molecule has 1 rings (SSSR count). The monoisotopic (exact) mass is 211 g/mol. The first kappa shape index (κ1) is 11.7. The minimum absolute atomic E-state index is 0.130. The van der Waals surface area contributed by atoms with Gasteiger partial charge in [-0.2, -0.15) is 0 Å². The number of methoxy groups -OCH3 is 2. The van der Waals surface area contributed by atoms with E-state index in [1.165, 1.54) is 0 Å². The van der Waals surface area contributed by atoms with E-state index in [0.717, 1.165) is 5.69 Å². The molecule has 1 aromatic carbocycles. The molecule has 0 aliphatic carbocycles. The zero-order chi connectivity index (χ0) is 11.3. The van der Waals surface area contributed by atoms with E-state index < -0.39 is 0 Å². The van der Waals surface area contributed by atoms with Crippen LogP contribution < -0.4 is 14.4 Å². The SMILES string of the molecule is COc1ccc(N(C)CCO)cc1OC. The van der Waals surface area contributed by atoms with Crippen molar-refractivity contribution in [2.24, 2.45) is 0 Å². The zero-order valence-corrected chi connectivity index (χ0v) is 9.36. The standard InChI is InChI=1S/C11H17NO3/c1-12(6-7-13)9-4-5-10(14-2)11(8-9)15-3/h4-5,8,13H,6-7H2,1-3H3. The maximum Gasteiger partial charge on any atom is 0.162 e. The number of likely N-dealkylation sites (N-methyl/N-ethyl adjacent to an activating group) is 1. The van der Waals surface area contributed by atoms with Gasteiger partial charge < -0.3 is 19.5 Å². The predicted molar refractivity (Wildman–Crippen MR) is 59.9 cm³/mol. The average molecular weight is 211 g/mol. The molecular formula is C11H17NO3. The second kappa shape index (κ2) is 5.46. The largest absolute Gasteiger partial charge is 0.493 e. The highest BCUT2D eigenvalue weighted by molar-refractivity contribution is 5.55. The molecule has 0 fully saturated rings. The van der Waals surface area contributed by atoms with E-state index in [1.807, 2.05) is 30.1 Å². The van der Waals surface area contributed by atoms with E-state index in [2.05, 4.69) is 0 Å². The molecule has 0 unspecified atom stereocenters. The van der Waals surface area contributed by atoms with Gasteiger partial charge in [0.15, 0.2) is 11.5 Å². The van der Waals surface area contributed by atoms with Crippen molar-refractivity contribution < 1.29 is 14.6 Å². The maximum absolute atomic E-state index is 8.83. The second-order valence-corrected chi connectivity index (χ2v) is 3.18. The number of aliphatic hydroxyl groups excluding tert-OH is 1. The number of nitrogens with zero attached hydrogens (tertiary/aromatic N) is 1. The third-order valence-corrected chi connectivity index (χ3v) is 2.24. The summed E-state index contributed by atoms with van der Waals surface area (Å²) in [6.45, 7) is 0.723. The van der Waals surface area contributed by atoms with E-state index in [1.54, 1.807) is 14.2 Å². The van der Waals surface area contributed by atoms with Gasteiger partial charge >= 0.3 is 0 Å². The highest BCUT2D eigenvalue weighted by Gasteiger charge is 2.06. The van der Waals surface area contributed by atoms with Crippen LogP contribution >= 0.6 is 0 Å². The fourth-order valence-corrected chi connectivity index (χ4v) is 1.34. The quantitative estimate of drug-likeness (QED) is 0.792. The van der Waals surface area contributed by atoms with E-state index in [9.17, 15) is 0 Å². The smallest absolute Gasteiger partial charge is 0.162 e. The summed E-state index contributed by atoms with van der Waals surface area (Å²) in [6.07, 6.45) is 0. The Labute approximate surface area is 90.0 Å². The third kappa shape index (κ3) is 2.76. The fraction of sp³-hybridized carbons (Fsp3) is 0.455. The molecule has 4 heteroatoms. The van der Waals surface area contributed by atoms with Crippen molar-refractivity contribution in [1.82, 2.24) is 0 Å². The molecule has 0 radical (unpaired) electrons. The lowest BCUT2D eigenvalue weighted by Crippen LogP contribution is -2.21. The molecule has 0 bridgehead atoms. The van der Waals surface area contributed by atoms with Gasteiger partial charge in [-0.1, -0.05) is 0 Å². The molecule has 0 spiro atoms. The predicted octanol–water partition coefficient (Wildman–Crippen LogP) is 1.13. The highest BCUT2D eigenvalue weighted by atomic mass is 16.5. The first-order valence-corrected chi connectivity index (χ1v) is 4.77. The minimum Gasteiger partial charge on any atom is -0.493 e. The van der Waals surface area contributed by atoms with Crippen molar-refractivity contribution in [3.05, 3.63) is 18.2 Å². The van der Waals surface area contributed by atoms with Gasteiger partial charge in [-0.05, 0) is 12.1 Å². The molecule has 0 heterocycles.